The molecule has 0 atom stereocenters. The van der Waals surface area contributed by atoms with Gasteiger partial charge in [0.1, 0.15) is 0 Å². The van der Waals surface area contributed by atoms with Crippen LogP contribution in [-0.4, -0.2) is 19.0 Å². The summed E-state index contributed by atoms with van der Waals surface area (Å²) in [7, 11) is 0. The van der Waals surface area contributed by atoms with Crippen LogP contribution in [-0.2, 0) is 9.47 Å². The van der Waals surface area contributed by atoms with Crippen molar-refractivity contribution in [2.45, 2.75) is 112 Å². The van der Waals surface area contributed by atoms with Crippen LogP contribution < -0.4 is 0 Å². The number of ether oxygens (including phenoxy) is 2. The minimum atomic E-state index is -0.414. The molecule has 22 heavy (non-hydrogen) atoms. The number of unbranched alkanes of at least 4 members (excludes halogenated alkanes) is 6. The van der Waals surface area contributed by atoms with E-state index in [1.807, 2.05) is 0 Å². The summed E-state index contributed by atoms with van der Waals surface area (Å²) in [5.41, 5.74) is 0.0134. The second-order valence-corrected chi connectivity index (χ2v) is 7.57. The quantitative estimate of drug-likeness (QED) is 0.261. The topological polar surface area (TPSA) is 18.5 Å². The minimum absolute atomic E-state index is 0.0134. The highest BCUT2D eigenvalue weighted by atomic mass is 16.7. The Morgan fingerprint density at radius 3 is 1.45 bits per heavy atom. The molecule has 0 saturated carbocycles. The van der Waals surface area contributed by atoms with E-state index in [1.54, 1.807) is 0 Å². The molecule has 2 nitrogen and oxygen atoms in total. The molecule has 0 rings (SSSR count). The monoisotopic (exact) mass is 314 g/mol. The van der Waals surface area contributed by atoms with Crippen molar-refractivity contribution in [3.63, 3.8) is 0 Å². The number of rotatable bonds is 14. The molecule has 0 aliphatic rings. The van der Waals surface area contributed by atoms with Crippen LogP contribution in [0.2, 0.25) is 0 Å². The molecule has 134 valence electrons. The lowest BCUT2D eigenvalue weighted by atomic mass is 9.81. The molecule has 0 unspecified atom stereocenters. The van der Waals surface area contributed by atoms with Crippen molar-refractivity contribution >= 4 is 0 Å². The van der Waals surface area contributed by atoms with Gasteiger partial charge in [0.05, 0.1) is 0 Å². The van der Waals surface area contributed by atoms with E-state index in [0.717, 1.165) is 32.5 Å². The maximum absolute atomic E-state index is 6.27. The molecule has 0 bridgehead atoms. The van der Waals surface area contributed by atoms with Gasteiger partial charge in [-0.3, -0.25) is 0 Å². The molecule has 0 fully saturated rings. The Hall–Kier alpha value is -0.0800. The van der Waals surface area contributed by atoms with Gasteiger partial charge < -0.3 is 9.47 Å². The first-order valence-corrected chi connectivity index (χ1v) is 9.71. The third-order valence-corrected chi connectivity index (χ3v) is 4.33. The molecular weight excluding hydrogens is 272 g/mol. The van der Waals surface area contributed by atoms with Crippen LogP contribution >= 0.6 is 0 Å². The van der Waals surface area contributed by atoms with Crippen molar-refractivity contribution in [1.29, 1.82) is 0 Å². The Morgan fingerprint density at radius 1 is 0.591 bits per heavy atom. The standard InChI is InChI=1S/C20H42O2/c1-7-10-11-12-13-14-15-16-20(19(4,5)6,21-17-8-2)22-18-9-3/h7-18H2,1-6H3. The second-order valence-electron chi connectivity index (χ2n) is 7.57. The Kier molecular flexibility index (Phi) is 12.3. The van der Waals surface area contributed by atoms with Crippen LogP contribution in [0.15, 0.2) is 0 Å². The molecule has 0 saturated heterocycles. The highest BCUT2D eigenvalue weighted by Crippen LogP contribution is 2.39. The first-order chi connectivity index (χ1) is 10.4. The Bertz CT molecular complexity index is 235. The Labute approximate surface area is 140 Å². The van der Waals surface area contributed by atoms with E-state index in [4.69, 9.17) is 9.47 Å². The molecule has 0 amide bonds. The predicted molar refractivity (Wildman–Crippen MR) is 97.3 cm³/mol. The number of hydrogen-bond acceptors (Lipinski definition) is 2. The van der Waals surface area contributed by atoms with Crippen LogP contribution in [0.3, 0.4) is 0 Å². The van der Waals surface area contributed by atoms with E-state index < -0.39 is 5.79 Å². The van der Waals surface area contributed by atoms with E-state index >= 15 is 0 Å². The van der Waals surface area contributed by atoms with E-state index in [0.29, 0.717) is 0 Å². The average molecular weight is 315 g/mol. The fourth-order valence-electron chi connectivity index (χ4n) is 2.84. The Balaban J connectivity index is 4.42. The lowest BCUT2D eigenvalue weighted by molar-refractivity contribution is -0.293. The molecule has 0 aromatic carbocycles. The van der Waals surface area contributed by atoms with Crippen LogP contribution in [0, 0.1) is 5.41 Å². The highest BCUT2D eigenvalue weighted by molar-refractivity contribution is 4.84. The third kappa shape index (κ3) is 8.53. The van der Waals surface area contributed by atoms with Crippen LogP contribution in [0.25, 0.3) is 0 Å². The minimum Gasteiger partial charge on any atom is -0.349 e. The molecule has 2 heteroatoms. The molecule has 0 spiro atoms. The predicted octanol–water partition coefficient (Wildman–Crippen LogP) is 6.72. The maximum Gasteiger partial charge on any atom is 0.172 e. The summed E-state index contributed by atoms with van der Waals surface area (Å²) in [5, 5.41) is 0. The summed E-state index contributed by atoms with van der Waals surface area (Å²) >= 11 is 0. The van der Waals surface area contributed by atoms with Crippen molar-refractivity contribution in [2.24, 2.45) is 5.41 Å². The molecular formula is C20H42O2. The zero-order valence-electron chi connectivity index (χ0n) is 16.3. The van der Waals surface area contributed by atoms with Crippen LogP contribution in [0.5, 0.6) is 0 Å². The van der Waals surface area contributed by atoms with Crippen LogP contribution in [0.1, 0.15) is 106 Å². The van der Waals surface area contributed by atoms with E-state index in [1.165, 1.54) is 44.9 Å². The van der Waals surface area contributed by atoms with E-state index in [2.05, 4.69) is 41.5 Å². The smallest absolute Gasteiger partial charge is 0.172 e. The fraction of sp³-hybridized carbons (Fsp3) is 1.00. The lowest BCUT2D eigenvalue weighted by Crippen LogP contribution is -2.48. The first kappa shape index (κ1) is 21.9. The first-order valence-electron chi connectivity index (χ1n) is 9.71. The fourth-order valence-corrected chi connectivity index (χ4v) is 2.84. The zero-order chi connectivity index (χ0) is 16.9. The van der Waals surface area contributed by atoms with Gasteiger partial charge in [-0.05, 0) is 19.3 Å². The van der Waals surface area contributed by atoms with Crippen molar-refractivity contribution in [2.75, 3.05) is 13.2 Å². The van der Waals surface area contributed by atoms with Gasteiger partial charge in [-0.15, -0.1) is 0 Å². The second kappa shape index (κ2) is 12.4. The van der Waals surface area contributed by atoms with Crippen LogP contribution in [0.4, 0.5) is 0 Å². The summed E-state index contributed by atoms with van der Waals surface area (Å²) in [6, 6.07) is 0. The van der Waals surface area contributed by atoms with Gasteiger partial charge in [0.15, 0.2) is 5.79 Å². The summed E-state index contributed by atoms with van der Waals surface area (Å²) in [4.78, 5) is 0. The van der Waals surface area contributed by atoms with E-state index in [-0.39, 0.29) is 5.41 Å². The van der Waals surface area contributed by atoms with E-state index in [9.17, 15) is 0 Å². The van der Waals surface area contributed by atoms with Crippen molar-refractivity contribution in [3.05, 3.63) is 0 Å². The lowest BCUT2D eigenvalue weighted by Gasteiger charge is -2.44. The zero-order valence-corrected chi connectivity index (χ0v) is 16.3. The SMILES string of the molecule is CCCCCCCCCC(OCCC)(OCCC)C(C)(C)C. The van der Waals surface area contributed by atoms with Gasteiger partial charge in [0.25, 0.3) is 0 Å². The summed E-state index contributed by atoms with van der Waals surface area (Å²) < 4.78 is 12.5. The maximum atomic E-state index is 6.27. The van der Waals surface area contributed by atoms with Gasteiger partial charge in [-0.1, -0.05) is 80.1 Å². The summed E-state index contributed by atoms with van der Waals surface area (Å²) in [6.07, 6.45) is 12.4. The van der Waals surface area contributed by atoms with Crippen molar-refractivity contribution < 1.29 is 9.47 Å². The van der Waals surface area contributed by atoms with Crippen molar-refractivity contribution in [3.8, 4) is 0 Å². The van der Waals surface area contributed by atoms with Crippen molar-refractivity contribution in [1.82, 2.24) is 0 Å². The van der Waals surface area contributed by atoms with Gasteiger partial charge >= 0.3 is 0 Å². The molecule has 0 aliphatic heterocycles. The van der Waals surface area contributed by atoms with Gasteiger partial charge in [-0.25, -0.2) is 0 Å². The average Bonchev–Trinajstić information content (AvgIpc) is 2.47. The highest BCUT2D eigenvalue weighted by Gasteiger charge is 2.43. The molecule has 0 aromatic rings. The molecule has 0 N–H and O–H groups in total. The molecule has 0 aliphatic carbocycles. The van der Waals surface area contributed by atoms with Gasteiger partial charge in [-0.2, -0.15) is 0 Å². The summed E-state index contributed by atoms with van der Waals surface area (Å²) in [5.74, 6) is -0.414. The summed E-state index contributed by atoms with van der Waals surface area (Å²) in [6.45, 7) is 14.9. The molecule has 0 radical (unpaired) electrons. The molecule has 0 heterocycles. The Morgan fingerprint density at radius 2 is 1.05 bits per heavy atom. The largest absolute Gasteiger partial charge is 0.349 e. The normalized spacial score (nSPS) is 12.8. The third-order valence-electron chi connectivity index (χ3n) is 4.33. The molecule has 0 aromatic heterocycles. The van der Waals surface area contributed by atoms with Gasteiger partial charge in [0.2, 0.25) is 0 Å². The van der Waals surface area contributed by atoms with Gasteiger partial charge in [0, 0.05) is 25.0 Å². The number of hydrogen-bond donors (Lipinski definition) is 0.